The first-order valence-electron chi connectivity index (χ1n) is 9.36. The number of rotatable bonds is 6. The zero-order valence-electron chi connectivity index (χ0n) is 16.1. The summed E-state index contributed by atoms with van der Waals surface area (Å²) in [5, 5.41) is 4.98. The van der Waals surface area contributed by atoms with Gasteiger partial charge in [0, 0.05) is 42.8 Å². The largest absolute Gasteiger partial charge is 0.370 e. The summed E-state index contributed by atoms with van der Waals surface area (Å²) in [6.07, 6.45) is 0.608. The fourth-order valence-electron chi connectivity index (χ4n) is 3.58. The molecule has 0 aliphatic carbocycles. The molecule has 0 N–H and O–H groups in total. The van der Waals surface area contributed by atoms with Crippen molar-refractivity contribution < 1.29 is 13.2 Å². The number of hydrogen-bond donors (Lipinski definition) is 0. The molecule has 2 aromatic carbocycles. The third kappa shape index (κ3) is 4.23. The monoisotopic (exact) mass is 431 g/mol. The first kappa shape index (κ1) is 20.1. The number of sulfonamides is 1. The molecule has 0 amide bonds. The van der Waals surface area contributed by atoms with Crippen molar-refractivity contribution >= 4 is 21.6 Å². The maximum Gasteiger partial charge on any atom is 0.243 e. The van der Waals surface area contributed by atoms with Gasteiger partial charge in [0.15, 0.2) is 0 Å². The molecular formula is C21H22ClN3O3S. The first-order chi connectivity index (χ1) is 13.9. The van der Waals surface area contributed by atoms with E-state index >= 15 is 0 Å². The summed E-state index contributed by atoms with van der Waals surface area (Å²) in [6.45, 7) is 1.51. The minimum atomic E-state index is -3.63. The molecule has 6 nitrogen and oxygen atoms in total. The maximum absolute atomic E-state index is 13.1. The van der Waals surface area contributed by atoms with Crippen LogP contribution in [0.4, 0.5) is 0 Å². The van der Waals surface area contributed by atoms with Crippen molar-refractivity contribution in [2.45, 2.75) is 31.1 Å². The highest BCUT2D eigenvalue weighted by Gasteiger charge is 2.32. The zero-order valence-corrected chi connectivity index (χ0v) is 17.7. The van der Waals surface area contributed by atoms with Gasteiger partial charge in [0.1, 0.15) is 0 Å². The molecule has 0 bridgehead atoms. The first-order valence-corrected chi connectivity index (χ1v) is 11.2. The number of aromatic nitrogens is 2. The third-order valence-electron chi connectivity index (χ3n) is 5.07. The van der Waals surface area contributed by atoms with E-state index in [1.54, 1.807) is 18.2 Å². The van der Waals surface area contributed by atoms with Crippen molar-refractivity contribution in [3.63, 3.8) is 0 Å². The Kier molecular flexibility index (Phi) is 5.74. The fraction of sp³-hybridized carbons (Fsp3) is 0.286. The van der Waals surface area contributed by atoms with Gasteiger partial charge in [-0.05, 0) is 23.8 Å². The number of aryl methyl sites for hydroxylation is 1. The molecule has 0 unspecified atom stereocenters. The van der Waals surface area contributed by atoms with Crippen LogP contribution < -0.4 is 0 Å². The summed E-state index contributed by atoms with van der Waals surface area (Å²) in [5.41, 5.74) is 3.85. The number of ether oxygens (including phenoxy) is 1. The van der Waals surface area contributed by atoms with E-state index in [1.165, 1.54) is 10.4 Å². The average Bonchev–Trinajstić information content (AvgIpc) is 3.04. The van der Waals surface area contributed by atoms with Crippen LogP contribution in [0.5, 0.6) is 0 Å². The van der Waals surface area contributed by atoms with Gasteiger partial charge >= 0.3 is 0 Å². The Morgan fingerprint density at radius 3 is 2.66 bits per heavy atom. The smallest absolute Gasteiger partial charge is 0.243 e. The third-order valence-corrected chi connectivity index (χ3v) is 7.15. The van der Waals surface area contributed by atoms with Crippen LogP contribution in [0.25, 0.3) is 0 Å². The lowest BCUT2D eigenvalue weighted by molar-refractivity contribution is 0.103. The minimum Gasteiger partial charge on any atom is -0.370 e. The van der Waals surface area contributed by atoms with Gasteiger partial charge in [0.2, 0.25) is 10.0 Å². The Balaban J connectivity index is 1.52. The van der Waals surface area contributed by atoms with Crippen LogP contribution in [0.1, 0.15) is 22.5 Å². The number of hydrogen-bond acceptors (Lipinski definition) is 4. The minimum absolute atomic E-state index is 0.208. The van der Waals surface area contributed by atoms with Crippen molar-refractivity contribution in [1.29, 1.82) is 0 Å². The summed E-state index contributed by atoms with van der Waals surface area (Å²) in [5.74, 6) is 0. The summed E-state index contributed by atoms with van der Waals surface area (Å²) in [6, 6.07) is 16.3. The van der Waals surface area contributed by atoms with Crippen LogP contribution in [0.3, 0.4) is 0 Å². The molecule has 1 aliphatic heterocycles. The quantitative estimate of drug-likeness (QED) is 0.598. The van der Waals surface area contributed by atoms with E-state index in [1.807, 2.05) is 42.1 Å². The molecule has 2 heterocycles. The summed E-state index contributed by atoms with van der Waals surface area (Å²) in [4.78, 5) is 0.208. The van der Waals surface area contributed by atoms with Gasteiger partial charge in [0.25, 0.3) is 0 Å². The maximum atomic E-state index is 13.1. The van der Waals surface area contributed by atoms with Crippen LogP contribution in [0.15, 0.2) is 59.5 Å². The SMILES string of the molecule is Cn1nc(COCc2ccccc2)c2c1CCN(S(=O)(=O)c1cccc(Cl)c1)C2. The number of halogens is 1. The molecule has 0 atom stereocenters. The Labute approximate surface area is 175 Å². The van der Waals surface area contributed by atoms with Crippen molar-refractivity contribution in [1.82, 2.24) is 14.1 Å². The van der Waals surface area contributed by atoms with E-state index in [4.69, 9.17) is 16.3 Å². The van der Waals surface area contributed by atoms with Crippen LogP contribution in [0.2, 0.25) is 5.02 Å². The van der Waals surface area contributed by atoms with E-state index in [9.17, 15) is 8.42 Å². The Hall–Kier alpha value is -2.19. The predicted octanol–water partition coefficient (Wildman–Crippen LogP) is 3.54. The second-order valence-electron chi connectivity index (χ2n) is 7.02. The Bertz CT molecular complexity index is 1110. The molecule has 29 heavy (non-hydrogen) atoms. The molecule has 3 aromatic rings. The van der Waals surface area contributed by atoms with Gasteiger partial charge in [-0.2, -0.15) is 9.40 Å². The molecule has 4 rings (SSSR count). The molecule has 8 heteroatoms. The highest BCUT2D eigenvalue weighted by molar-refractivity contribution is 7.89. The average molecular weight is 432 g/mol. The number of fused-ring (bicyclic) bond motifs is 1. The van der Waals surface area contributed by atoms with Crippen LogP contribution >= 0.6 is 11.6 Å². The van der Waals surface area contributed by atoms with Crippen molar-refractivity contribution in [3.05, 3.63) is 82.1 Å². The molecule has 1 aromatic heterocycles. The number of benzene rings is 2. The van der Waals surface area contributed by atoms with Gasteiger partial charge in [-0.1, -0.05) is 48.0 Å². The molecule has 0 spiro atoms. The number of nitrogens with zero attached hydrogens (tertiary/aromatic N) is 3. The predicted molar refractivity (Wildman–Crippen MR) is 111 cm³/mol. The Morgan fingerprint density at radius 2 is 1.90 bits per heavy atom. The van der Waals surface area contributed by atoms with Crippen molar-refractivity contribution in [2.75, 3.05) is 6.54 Å². The van der Waals surface area contributed by atoms with Crippen LogP contribution in [-0.4, -0.2) is 29.0 Å². The highest BCUT2D eigenvalue weighted by Crippen LogP contribution is 2.28. The second kappa shape index (κ2) is 8.28. The Morgan fingerprint density at radius 1 is 1.10 bits per heavy atom. The van der Waals surface area contributed by atoms with Gasteiger partial charge in [-0.3, -0.25) is 4.68 Å². The molecule has 152 valence electrons. The van der Waals surface area contributed by atoms with E-state index in [2.05, 4.69) is 5.10 Å². The fourth-order valence-corrected chi connectivity index (χ4v) is 5.29. The molecule has 0 saturated heterocycles. The van der Waals surface area contributed by atoms with Crippen LogP contribution in [-0.2, 0) is 48.0 Å². The van der Waals surface area contributed by atoms with Crippen molar-refractivity contribution in [3.8, 4) is 0 Å². The zero-order chi connectivity index (χ0) is 20.4. The summed E-state index contributed by atoms with van der Waals surface area (Å²) in [7, 11) is -1.74. The summed E-state index contributed by atoms with van der Waals surface area (Å²) >= 11 is 5.99. The van der Waals surface area contributed by atoms with Gasteiger partial charge in [0.05, 0.1) is 23.8 Å². The molecule has 0 radical (unpaired) electrons. The van der Waals surface area contributed by atoms with E-state index in [-0.39, 0.29) is 11.4 Å². The second-order valence-corrected chi connectivity index (χ2v) is 9.39. The molecule has 1 aliphatic rings. The van der Waals surface area contributed by atoms with Crippen molar-refractivity contribution in [2.24, 2.45) is 7.05 Å². The lowest BCUT2D eigenvalue weighted by Crippen LogP contribution is -2.36. The van der Waals surface area contributed by atoms with E-state index in [0.717, 1.165) is 22.5 Å². The molecule has 0 saturated carbocycles. The van der Waals surface area contributed by atoms with Gasteiger partial charge in [-0.15, -0.1) is 0 Å². The summed E-state index contributed by atoms with van der Waals surface area (Å²) < 4.78 is 35.3. The highest BCUT2D eigenvalue weighted by atomic mass is 35.5. The molecular weight excluding hydrogens is 410 g/mol. The van der Waals surface area contributed by atoms with E-state index < -0.39 is 10.0 Å². The lowest BCUT2D eigenvalue weighted by Gasteiger charge is -2.27. The molecule has 0 fully saturated rings. The van der Waals surface area contributed by atoms with Crippen LogP contribution in [0, 0.1) is 0 Å². The van der Waals surface area contributed by atoms with E-state index in [0.29, 0.717) is 31.2 Å². The topological polar surface area (TPSA) is 64.4 Å². The van der Waals surface area contributed by atoms with Gasteiger partial charge in [-0.25, -0.2) is 8.42 Å². The standard InChI is InChI=1S/C21H22ClN3O3S/c1-24-21-10-11-25(29(26,27)18-9-5-8-17(22)12-18)13-19(21)20(23-24)15-28-14-16-6-3-2-4-7-16/h2-9,12H,10-11,13-15H2,1H3. The lowest BCUT2D eigenvalue weighted by atomic mass is 10.1. The normalized spacial score (nSPS) is 14.7. The van der Waals surface area contributed by atoms with Gasteiger partial charge < -0.3 is 4.74 Å².